The van der Waals surface area contributed by atoms with E-state index in [1.807, 2.05) is 0 Å². The number of methoxy groups -OCH3 is 2. The Hall–Kier alpha value is -5.09. The zero-order valence-electron chi connectivity index (χ0n) is 22.8. The summed E-state index contributed by atoms with van der Waals surface area (Å²) in [5.74, 6) is -0.760. The Kier molecular flexibility index (Phi) is 10.3. The van der Waals surface area contributed by atoms with Crippen molar-refractivity contribution < 1.29 is 28.2 Å². The highest BCUT2D eigenvalue weighted by Crippen LogP contribution is 2.27. The second kappa shape index (κ2) is 14.5. The predicted octanol–water partition coefficient (Wildman–Crippen LogP) is 5.98. The number of carbonyl (C=O) groups is 3. The first-order chi connectivity index (χ1) is 20.4. The fourth-order valence-electron chi connectivity index (χ4n) is 3.77. The molecule has 0 aliphatic heterocycles. The molecule has 0 spiro atoms. The van der Waals surface area contributed by atoms with E-state index in [0.717, 1.165) is 4.90 Å². The fourth-order valence-corrected chi connectivity index (χ4v) is 4.46. The van der Waals surface area contributed by atoms with Gasteiger partial charge in [-0.05, 0) is 66.7 Å². The van der Waals surface area contributed by atoms with Crippen molar-refractivity contribution in [2.24, 2.45) is 0 Å². The molecule has 0 aromatic heterocycles. The number of halogens is 1. The Morgan fingerprint density at radius 1 is 0.833 bits per heavy atom. The van der Waals surface area contributed by atoms with Crippen LogP contribution in [0.25, 0.3) is 6.08 Å². The number of ether oxygens (including phenoxy) is 2. The van der Waals surface area contributed by atoms with Gasteiger partial charge in [0.25, 0.3) is 11.8 Å². The van der Waals surface area contributed by atoms with Crippen molar-refractivity contribution in [3.8, 4) is 11.5 Å². The third-order valence-electron chi connectivity index (χ3n) is 5.90. The van der Waals surface area contributed by atoms with Crippen LogP contribution in [-0.2, 0) is 9.59 Å². The van der Waals surface area contributed by atoms with Crippen molar-refractivity contribution in [2.45, 2.75) is 4.90 Å². The van der Waals surface area contributed by atoms with Crippen molar-refractivity contribution in [3.05, 3.63) is 120 Å². The summed E-state index contributed by atoms with van der Waals surface area (Å²) < 4.78 is 24.5. The van der Waals surface area contributed by atoms with Gasteiger partial charge in [-0.1, -0.05) is 30.3 Å². The number of carbonyl (C=O) groups excluding carboxylic acids is 3. The molecular weight excluding hydrogens is 557 g/mol. The topological polar surface area (TPSA) is 106 Å². The van der Waals surface area contributed by atoms with E-state index >= 15 is 0 Å². The van der Waals surface area contributed by atoms with Crippen molar-refractivity contribution in [1.29, 1.82) is 0 Å². The van der Waals surface area contributed by atoms with Crippen LogP contribution in [0, 0.1) is 5.82 Å². The van der Waals surface area contributed by atoms with Crippen molar-refractivity contribution in [3.63, 3.8) is 0 Å². The normalized spacial score (nSPS) is 10.9. The lowest BCUT2D eigenvalue weighted by atomic mass is 10.1. The van der Waals surface area contributed by atoms with Crippen LogP contribution in [-0.4, -0.2) is 37.7 Å². The standard InChI is InChI=1S/C32H28FN3O5S/c1-40-24-15-12-22(29(19-24)41-2)18-28(36-31(38)21-8-4-3-5-9-21)32(39)34-23-13-16-25(17-14-23)42-20-30(37)35-27-11-7-6-10-26(27)33/h3-19H,20H2,1-2H3,(H,34,39)(H,35,37)(H,36,38)/b28-18-. The second-order valence-electron chi connectivity index (χ2n) is 8.78. The van der Waals surface area contributed by atoms with Crippen LogP contribution < -0.4 is 25.4 Å². The van der Waals surface area contributed by atoms with Crippen LogP contribution in [0.15, 0.2) is 108 Å². The van der Waals surface area contributed by atoms with Crippen LogP contribution in [0.3, 0.4) is 0 Å². The molecule has 0 heterocycles. The highest BCUT2D eigenvalue weighted by atomic mass is 32.2. The maximum Gasteiger partial charge on any atom is 0.272 e. The summed E-state index contributed by atoms with van der Waals surface area (Å²) >= 11 is 1.26. The third kappa shape index (κ3) is 8.21. The van der Waals surface area contributed by atoms with Crippen molar-refractivity contribution in [2.75, 3.05) is 30.6 Å². The molecule has 0 radical (unpaired) electrons. The smallest absolute Gasteiger partial charge is 0.272 e. The SMILES string of the molecule is COc1ccc(/C=C(\NC(=O)c2ccccc2)C(=O)Nc2ccc(SCC(=O)Nc3ccccc3F)cc2)c(OC)c1. The molecule has 0 atom stereocenters. The largest absolute Gasteiger partial charge is 0.497 e. The molecule has 3 N–H and O–H groups in total. The maximum absolute atomic E-state index is 13.8. The summed E-state index contributed by atoms with van der Waals surface area (Å²) in [5.41, 5.74) is 1.53. The summed E-state index contributed by atoms with van der Waals surface area (Å²) in [6.45, 7) is 0. The predicted molar refractivity (Wildman–Crippen MR) is 162 cm³/mol. The van der Waals surface area contributed by atoms with Gasteiger partial charge >= 0.3 is 0 Å². The number of nitrogens with one attached hydrogen (secondary N) is 3. The van der Waals surface area contributed by atoms with Gasteiger partial charge in [-0.3, -0.25) is 14.4 Å². The summed E-state index contributed by atoms with van der Waals surface area (Å²) in [7, 11) is 3.03. The van der Waals surface area contributed by atoms with Gasteiger partial charge in [0.15, 0.2) is 0 Å². The van der Waals surface area contributed by atoms with E-state index in [1.165, 1.54) is 44.2 Å². The van der Waals surface area contributed by atoms with E-state index in [9.17, 15) is 18.8 Å². The molecule has 10 heteroatoms. The van der Waals surface area contributed by atoms with Gasteiger partial charge in [0.1, 0.15) is 23.0 Å². The van der Waals surface area contributed by atoms with Crippen LogP contribution in [0.2, 0.25) is 0 Å². The molecule has 0 saturated heterocycles. The van der Waals surface area contributed by atoms with Gasteiger partial charge in [0.2, 0.25) is 5.91 Å². The number of para-hydroxylation sites is 1. The zero-order chi connectivity index (χ0) is 29.9. The number of hydrogen-bond donors (Lipinski definition) is 3. The van der Waals surface area contributed by atoms with Gasteiger partial charge < -0.3 is 25.4 Å². The lowest BCUT2D eigenvalue weighted by molar-refractivity contribution is -0.114. The van der Waals surface area contributed by atoms with Crippen LogP contribution >= 0.6 is 11.8 Å². The minimum Gasteiger partial charge on any atom is -0.497 e. The molecule has 0 aliphatic carbocycles. The first-order valence-corrected chi connectivity index (χ1v) is 13.7. The van der Waals surface area contributed by atoms with E-state index in [0.29, 0.717) is 28.3 Å². The average Bonchev–Trinajstić information content (AvgIpc) is 3.02. The monoisotopic (exact) mass is 585 g/mol. The molecule has 4 aromatic rings. The van der Waals surface area contributed by atoms with Crippen LogP contribution in [0.4, 0.5) is 15.8 Å². The Bertz CT molecular complexity index is 1590. The maximum atomic E-state index is 13.8. The number of hydrogen-bond acceptors (Lipinski definition) is 6. The van der Waals surface area contributed by atoms with Gasteiger partial charge in [0, 0.05) is 27.8 Å². The molecule has 0 fully saturated rings. The number of benzene rings is 4. The van der Waals surface area contributed by atoms with Crippen LogP contribution in [0.1, 0.15) is 15.9 Å². The van der Waals surface area contributed by atoms with E-state index in [1.54, 1.807) is 84.9 Å². The molecule has 4 aromatic carbocycles. The van der Waals surface area contributed by atoms with Gasteiger partial charge in [0.05, 0.1) is 25.7 Å². The van der Waals surface area contributed by atoms with E-state index in [4.69, 9.17) is 9.47 Å². The quantitative estimate of drug-likeness (QED) is 0.148. The minimum absolute atomic E-state index is 0.00409. The minimum atomic E-state index is -0.554. The van der Waals surface area contributed by atoms with Gasteiger partial charge in [-0.15, -0.1) is 11.8 Å². The number of amides is 3. The lowest BCUT2D eigenvalue weighted by Gasteiger charge is -2.13. The molecule has 42 heavy (non-hydrogen) atoms. The Balaban J connectivity index is 1.46. The summed E-state index contributed by atoms with van der Waals surface area (Å²) in [6, 6.07) is 26.5. The summed E-state index contributed by atoms with van der Waals surface area (Å²) in [4.78, 5) is 39.3. The fraction of sp³-hybridized carbons (Fsp3) is 0.0938. The Morgan fingerprint density at radius 2 is 1.55 bits per heavy atom. The van der Waals surface area contributed by atoms with E-state index in [-0.39, 0.29) is 23.0 Å². The van der Waals surface area contributed by atoms with Gasteiger partial charge in [-0.25, -0.2) is 4.39 Å². The summed E-state index contributed by atoms with van der Waals surface area (Å²) in [5, 5.41) is 8.03. The molecule has 0 saturated carbocycles. The van der Waals surface area contributed by atoms with Crippen molar-refractivity contribution >= 4 is 46.9 Å². The molecule has 0 unspecified atom stereocenters. The number of rotatable bonds is 11. The Labute approximate surface area is 246 Å². The van der Waals surface area contributed by atoms with E-state index < -0.39 is 17.6 Å². The molecule has 214 valence electrons. The van der Waals surface area contributed by atoms with Crippen LogP contribution in [0.5, 0.6) is 11.5 Å². The molecule has 0 aliphatic rings. The third-order valence-corrected chi connectivity index (χ3v) is 6.91. The second-order valence-corrected chi connectivity index (χ2v) is 9.83. The first kappa shape index (κ1) is 29.9. The number of anilines is 2. The molecule has 0 bridgehead atoms. The molecule has 3 amide bonds. The lowest BCUT2D eigenvalue weighted by Crippen LogP contribution is -2.30. The highest BCUT2D eigenvalue weighted by molar-refractivity contribution is 8.00. The molecule has 4 rings (SSSR count). The Morgan fingerprint density at radius 3 is 2.24 bits per heavy atom. The van der Waals surface area contributed by atoms with E-state index in [2.05, 4.69) is 16.0 Å². The highest BCUT2D eigenvalue weighted by Gasteiger charge is 2.17. The number of thioether (sulfide) groups is 1. The van der Waals surface area contributed by atoms with Gasteiger partial charge in [-0.2, -0.15) is 0 Å². The molecule has 8 nitrogen and oxygen atoms in total. The van der Waals surface area contributed by atoms with Crippen molar-refractivity contribution in [1.82, 2.24) is 5.32 Å². The molecular formula is C32H28FN3O5S. The summed E-state index contributed by atoms with van der Waals surface area (Å²) in [6.07, 6.45) is 1.52. The average molecular weight is 586 g/mol. The first-order valence-electron chi connectivity index (χ1n) is 12.7. The zero-order valence-corrected chi connectivity index (χ0v) is 23.7.